The third kappa shape index (κ3) is 3.32. The van der Waals surface area contributed by atoms with Crippen molar-refractivity contribution in [3.05, 3.63) is 121 Å². The van der Waals surface area contributed by atoms with Crippen molar-refractivity contribution in [2.45, 2.75) is 0 Å². The van der Waals surface area contributed by atoms with Crippen molar-refractivity contribution in [1.82, 2.24) is 0 Å². The minimum Gasteiger partial charge on any atom is -0.456 e. The van der Waals surface area contributed by atoms with Crippen LogP contribution < -0.4 is 5.32 Å². The van der Waals surface area contributed by atoms with Crippen LogP contribution in [0.25, 0.3) is 44.2 Å². The molecule has 0 amide bonds. The van der Waals surface area contributed by atoms with Crippen LogP contribution in [0.2, 0.25) is 0 Å². The molecule has 2 heteroatoms. The summed E-state index contributed by atoms with van der Waals surface area (Å²) in [6.45, 7) is 0. The Morgan fingerprint density at radius 1 is 0.438 bits per heavy atom. The quantitative estimate of drug-likeness (QED) is 0.314. The summed E-state index contributed by atoms with van der Waals surface area (Å²) < 4.78 is 5.94. The first-order valence-electron chi connectivity index (χ1n) is 10.8. The van der Waals surface area contributed by atoms with Crippen molar-refractivity contribution in [1.29, 1.82) is 0 Å². The molecule has 0 fully saturated rings. The summed E-state index contributed by atoms with van der Waals surface area (Å²) >= 11 is 0. The maximum Gasteiger partial charge on any atom is 0.135 e. The van der Waals surface area contributed by atoms with Gasteiger partial charge in [-0.05, 0) is 58.7 Å². The number of anilines is 2. The topological polar surface area (TPSA) is 25.2 Å². The van der Waals surface area contributed by atoms with Gasteiger partial charge in [-0.1, -0.05) is 84.9 Å². The van der Waals surface area contributed by atoms with Crippen molar-refractivity contribution in [3.8, 4) is 22.3 Å². The summed E-state index contributed by atoms with van der Waals surface area (Å²) in [5, 5.41) is 5.80. The fourth-order valence-corrected chi connectivity index (χ4v) is 4.31. The van der Waals surface area contributed by atoms with Crippen LogP contribution >= 0.6 is 0 Å². The standard InChI is InChI=1S/C30H21NO/c1-2-8-21(9-3-1)25-10-4-5-11-26(25)22-14-16-23(17-15-22)31-24-18-19-30-28(20-24)27-12-6-7-13-29(27)32-30/h1-20,31H. The SMILES string of the molecule is c1ccc(-c2ccccc2-c2ccc(Nc3ccc4oc5ccccc5c4c3)cc2)cc1. The molecule has 0 aliphatic heterocycles. The van der Waals surface area contributed by atoms with E-state index in [1.165, 1.54) is 22.3 Å². The lowest BCUT2D eigenvalue weighted by Crippen LogP contribution is -1.90. The van der Waals surface area contributed by atoms with Gasteiger partial charge < -0.3 is 9.73 Å². The summed E-state index contributed by atoms with van der Waals surface area (Å²) in [4.78, 5) is 0. The second-order valence-electron chi connectivity index (χ2n) is 7.92. The molecule has 0 aliphatic carbocycles. The summed E-state index contributed by atoms with van der Waals surface area (Å²) in [7, 11) is 0. The summed E-state index contributed by atoms with van der Waals surface area (Å²) in [6, 6.07) is 42.1. The molecule has 0 atom stereocenters. The number of para-hydroxylation sites is 1. The predicted octanol–water partition coefficient (Wildman–Crippen LogP) is 8.66. The van der Waals surface area contributed by atoms with E-state index in [2.05, 4.69) is 102 Å². The highest BCUT2D eigenvalue weighted by molar-refractivity contribution is 6.06. The van der Waals surface area contributed by atoms with E-state index in [4.69, 9.17) is 4.42 Å². The average molecular weight is 412 g/mol. The van der Waals surface area contributed by atoms with E-state index in [-0.39, 0.29) is 0 Å². The van der Waals surface area contributed by atoms with E-state index in [1.54, 1.807) is 0 Å². The van der Waals surface area contributed by atoms with Gasteiger partial charge in [0.05, 0.1) is 0 Å². The molecule has 0 bridgehead atoms. The van der Waals surface area contributed by atoms with E-state index >= 15 is 0 Å². The highest BCUT2D eigenvalue weighted by Crippen LogP contribution is 2.34. The van der Waals surface area contributed by atoms with Crippen LogP contribution in [0.3, 0.4) is 0 Å². The minimum absolute atomic E-state index is 0.907. The Kier molecular flexibility index (Phi) is 4.47. The van der Waals surface area contributed by atoms with Crippen molar-refractivity contribution in [3.63, 3.8) is 0 Å². The van der Waals surface area contributed by atoms with Gasteiger partial charge in [0, 0.05) is 22.1 Å². The second kappa shape index (κ2) is 7.75. The Morgan fingerprint density at radius 2 is 1.03 bits per heavy atom. The molecule has 2 nitrogen and oxygen atoms in total. The Hall–Kier alpha value is -4.30. The highest BCUT2D eigenvalue weighted by Gasteiger charge is 2.09. The molecular formula is C30H21NO. The van der Waals surface area contributed by atoms with Crippen LogP contribution in [-0.4, -0.2) is 0 Å². The van der Waals surface area contributed by atoms with Crippen LogP contribution in [0.4, 0.5) is 11.4 Å². The molecule has 0 spiro atoms. The number of rotatable bonds is 4. The van der Waals surface area contributed by atoms with Crippen molar-refractivity contribution in [2.24, 2.45) is 0 Å². The van der Waals surface area contributed by atoms with Crippen LogP contribution in [0.5, 0.6) is 0 Å². The van der Waals surface area contributed by atoms with Gasteiger partial charge in [0.2, 0.25) is 0 Å². The largest absolute Gasteiger partial charge is 0.456 e. The summed E-state index contributed by atoms with van der Waals surface area (Å²) in [6.07, 6.45) is 0. The van der Waals surface area contributed by atoms with Gasteiger partial charge in [0.1, 0.15) is 11.2 Å². The Labute approximate surface area is 186 Å². The number of hydrogen-bond acceptors (Lipinski definition) is 2. The highest BCUT2D eigenvalue weighted by atomic mass is 16.3. The summed E-state index contributed by atoms with van der Waals surface area (Å²) in [5.74, 6) is 0. The number of hydrogen-bond donors (Lipinski definition) is 1. The molecule has 0 saturated heterocycles. The molecule has 1 N–H and O–H groups in total. The van der Waals surface area contributed by atoms with Gasteiger partial charge in [-0.15, -0.1) is 0 Å². The average Bonchev–Trinajstić information content (AvgIpc) is 3.23. The van der Waals surface area contributed by atoms with Gasteiger partial charge in [-0.3, -0.25) is 0 Å². The molecule has 6 aromatic rings. The Bertz CT molecular complexity index is 1530. The molecule has 6 rings (SSSR count). The molecule has 32 heavy (non-hydrogen) atoms. The molecule has 1 aromatic heterocycles. The van der Waals surface area contributed by atoms with Crippen molar-refractivity contribution >= 4 is 33.3 Å². The number of nitrogens with one attached hydrogen (secondary N) is 1. The molecule has 152 valence electrons. The van der Waals surface area contributed by atoms with Gasteiger partial charge in [0.15, 0.2) is 0 Å². The zero-order valence-electron chi connectivity index (χ0n) is 17.5. The lowest BCUT2D eigenvalue weighted by molar-refractivity contribution is 0.669. The fraction of sp³-hybridized carbons (Fsp3) is 0. The first kappa shape index (κ1) is 18.5. The molecule has 1 heterocycles. The molecule has 0 radical (unpaired) electrons. The Morgan fingerprint density at radius 3 is 1.81 bits per heavy atom. The van der Waals surface area contributed by atoms with E-state index < -0.39 is 0 Å². The maximum absolute atomic E-state index is 5.94. The van der Waals surface area contributed by atoms with Crippen LogP contribution in [0.1, 0.15) is 0 Å². The first-order chi connectivity index (χ1) is 15.8. The monoisotopic (exact) mass is 411 g/mol. The third-order valence-corrected chi connectivity index (χ3v) is 5.87. The van der Waals surface area contributed by atoms with E-state index in [1.807, 2.05) is 24.3 Å². The van der Waals surface area contributed by atoms with Crippen molar-refractivity contribution in [2.75, 3.05) is 5.32 Å². The molecule has 5 aromatic carbocycles. The lowest BCUT2D eigenvalue weighted by Gasteiger charge is -2.12. The third-order valence-electron chi connectivity index (χ3n) is 5.87. The first-order valence-corrected chi connectivity index (χ1v) is 10.8. The normalized spacial score (nSPS) is 11.1. The molecule has 0 saturated carbocycles. The van der Waals surface area contributed by atoms with Crippen LogP contribution in [-0.2, 0) is 0 Å². The number of benzene rings is 5. The smallest absolute Gasteiger partial charge is 0.135 e. The number of furan rings is 1. The van der Waals surface area contributed by atoms with E-state index in [0.717, 1.165) is 33.3 Å². The summed E-state index contributed by atoms with van der Waals surface area (Å²) in [5.41, 5.74) is 8.82. The van der Waals surface area contributed by atoms with Gasteiger partial charge in [-0.2, -0.15) is 0 Å². The Balaban J connectivity index is 1.31. The van der Waals surface area contributed by atoms with E-state index in [0.29, 0.717) is 0 Å². The van der Waals surface area contributed by atoms with Crippen LogP contribution in [0.15, 0.2) is 126 Å². The minimum atomic E-state index is 0.907. The second-order valence-corrected chi connectivity index (χ2v) is 7.92. The molecular weight excluding hydrogens is 390 g/mol. The van der Waals surface area contributed by atoms with Crippen molar-refractivity contribution < 1.29 is 4.42 Å². The zero-order valence-corrected chi connectivity index (χ0v) is 17.5. The number of fused-ring (bicyclic) bond motifs is 3. The fourth-order valence-electron chi connectivity index (χ4n) is 4.31. The van der Waals surface area contributed by atoms with E-state index in [9.17, 15) is 0 Å². The van der Waals surface area contributed by atoms with Gasteiger partial charge >= 0.3 is 0 Å². The molecule has 0 unspecified atom stereocenters. The predicted molar refractivity (Wildman–Crippen MR) is 134 cm³/mol. The lowest BCUT2D eigenvalue weighted by atomic mass is 9.94. The van der Waals surface area contributed by atoms with Crippen LogP contribution in [0, 0.1) is 0 Å². The maximum atomic E-state index is 5.94. The molecule has 0 aliphatic rings. The van der Waals surface area contributed by atoms with Gasteiger partial charge in [-0.25, -0.2) is 0 Å². The zero-order chi connectivity index (χ0) is 21.3. The van der Waals surface area contributed by atoms with Gasteiger partial charge in [0.25, 0.3) is 0 Å².